The molecule has 4 aromatic rings. The number of ether oxygens (including phenoxy) is 3. The Morgan fingerprint density at radius 2 is 1.40 bits per heavy atom. The fourth-order valence-corrected chi connectivity index (χ4v) is 6.02. The number of rotatable bonds is 14. The summed E-state index contributed by atoms with van der Waals surface area (Å²) in [6.07, 6.45) is 1.98. The molecule has 0 radical (unpaired) electrons. The van der Waals surface area contributed by atoms with Crippen molar-refractivity contribution in [3.8, 4) is 5.75 Å². The molecule has 0 aliphatic carbocycles. The Labute approximate surface area is 276 Å². The maximum absolute atomic E-state index is 14.1. The summed E-state index contributed by atoms with van der Waals surface area (Å²) >= 11 is 0. The van der Waals surface area contributed by atoms with Crippen molar-refractivity contribution in [2.45, 2.75) is 56.2 Å². The van der Waals surface area contributed by atoms with Crippen LogP contribution in [0.3, 0.4) is 0 Å². The lowest BCUT2D eigenvalue weighted by Gasteiger charge is -2.30. The standard InChI is InChI=1S/C39H42N2O6/c1-45-39(44)41-38(37(29-14-5-2-6-15-29)30-16-7-3-8-17-30)35(42)25-31-18-12-11-13-28(31)21-23-34-26-40-32(27-46-34)22-24-36(43)47-33-19-9-4-10-20-33/h2-20,32,34,37-38,40H,21-27H2,1H3,(H,41,44)/t32-,34-,38-/m1/s1. The minimum atomic E-state index is -0.840. The molecule has 8 heteroatoms. The van der Waals surface area contributed by atoms with E-state index in [0.29, 0.717) is 31.7 Å². The first-order valence-corrected chi connectivity index (χ1v) is 16.1. The SMILES string of the molecule is COC(=O)N[C@H](C(=O)Cc1ccccc1CC[C@@H]1CN[C@H](CCC(=O)Oc2ccccc2)CO1)C(c1ccccc1)c1ccccc1. The van der Waals surface area contributed by atoms with Crippen molar-refractivity contribution in [2.75, 3.05) is 20.3 Å². The number of aryl methyl sites for hydroxylation is 1. The molecule has 3 atom stereocenters. The van der Waals surface area contributed by atoms with Crippen molar-refractivity contribution in [1.29, 1.82) is 0 Å². The highest BCUT2D eigenvalue weighted by Crippen LogP contribution is 2.30. The van der Waals surface area contributed by atoms with E-state index >= 15 is 0 Å². The number of hydrogen-bond acceptors (Lipinski definition) is 7. The number of nitrogens with one attached hydrogen (secondary N) is 2. The number of morpholine rings is 1. The number of carbonyl (C=O) groups excluding carboxylic acids is 3. The predicted molar refractivity (Wildman–Crippen MR) is 180 cm³/mol. The zero-order valence-electron chi connectivity index (χ0n) is 26.7. The molecule has 1 heterocycles. The molecule has 1 saturated heterocycles. The second-order valence-electron chi connectivity index (χ2n) is 11.7. The maximum atomic E-state index is 14.1. The minimum absolute atomic E-state index is 0.0144. The van der Waals surface area contributed by atoms with Crippen molar-refractivity contribution in [1.82, 2.24) is 10.6 Å². The van der Waals surface area contributed by atoms with Crippen molar-refractivity contribution in [2.24, 2.45) is 0 Å². The number of esters is 1. The normalized spacial score (nSPS) is 16.6. The lowest BCUT2D eigenvalue weighted by atomic mass is 9.81. The molecule has 0 saturated carbocycles. The van der Waals surface area contributed by atoms with Gasteiger partial charge in [-0.2, -0.15) is 0 Å². The smallest absolute Gasteiger partial charge is 0.407 e. The van der Waals surface area contributed by atoms with Gasteiger partial charge in [0.15, 0.2) is 5.78 Å². The third kappa shape index (κ3) is 9.85. The van der Waals surface area contributed by atoms with E-state index in [1.165, 1.54) is 7.11 Å². The van der Waals surface area contributed by atoms with E-state index in [1.54, 1.807) is 12.1 Å². The largest absolute Gasteiger partial charge is 0.453 e. The summed E-state index contributed by atoms with van der Waals surface area (Å²) in [5, 5.41) is 6.37. The molecular formula is C39H42N2O6. The Morgan fingerprint density at radius 3 is 2.00 bits per heavy atom. The topological polar surface area (TPSA) is 103 Å². The van der Waals surface area contributed by atoms with Crippen LogP contribution in [-0.2, 0) is 31.9 Å². The molecule has 8 nitrogen and oxygen atoms in total. The molecule has 2 N–H and O–H groups in total. The van der Waals surface area contributed by atoms with Gasteiger partial charge < -0.3 is 24.8 Å². The Kier molecular flexibility index (Phi) is 12.3. The Morgan fingerprint density at radius 1 is 0.809 bits per heavy atom. The van der Waals surface area contributed by atoms with Gasteiger partial charge in [-0.15, -0.1) is 0 Å². The number of hydrogen-bond donors (Lipinski definition) is 2. The molecule has 5 rings (SSSR count). The van der Waals surface area contributed by atoms with Gasteiger partial charge in [-0.05, 0) is 53.6 Å². The van der Waals surface area contributed by atoms with Gasteiger partial charge in [0.2, 0.25) is 0 Å². The number of ketones is 1. The van der Waals surface area contributed by atoms with E-state index in [1.807, 2.05) is 97.1 Å². The first-order chi connectivity index (χ1) is 23.0. The predicted octanol–water partition coefficient (Wildman–Crippen LogP) is 6.03. The molecule has 0 unspecified atom stereocenters. The van der Waals surface area contributed by atoms with Crippen molar-refractivity contribution < 1.29 is 28.6 Å². The number of amides is 1. The average Bonchev–Trinajstić information content (AvgIpc) is 3.11. The van der Waals surface area contributed by atoms with Gasteiger partial charge in [0.1, 0.15) is 11.8 Å². The number of carbonyl (C=O) groups is 3. The average molecular weight is 635 g/mol. The van der Waals surface area contributed by atoms with Crippen LogP contribution in [0.1, 0.15) is 47.4 Å². The number of para-hydroxylation sites is 1. The van der Waals surface area contributed by atoms with E-state index in [-0.39, 0.29) is 30.3 Å². The van der Waals surface area contributed by atoms with Gasteiger partial charge in [-0.1, -0.05) is 103 Å². The van der Waals surface area contributed by atoms with Crippen LogP contribution >= 0.6 is 0 Å². The molecule has 244 valence electrons. The maximum Gasteiger partial charge on any atom is 0.407 e. The summed E-state index contributed by atoms with van der Waals surface area (Å²) in [5.74, 6) is -0.209. The van der Waals surface area contributed by atoms with Crippen molar-refractivity contribution in [3.63, 3.8) is 0 Å². The highest BCUT2D eigenvalue weighted by Gasteiger charge is 2.33. The molecular weight excluding hydrogens is 592 g/mol. The summed E-state index contributed by atoms with van der Waals surface area (Å²) in [6.45, 7) is 1.20. The second kappa shape index (κ2) is 17.2. The number of benzene rings is 4. The van der Waals surface area contributed by atoms with Crippen LogP contribution < -0.4 is 15.4 Å². The van der Waals surface area contributed by atoms with Crippen molar-refractivity contribution >= 4 is 17.8 Å². The lowest BCUT2D eigenvalue weighted by molar-refractivity contribution is -0.134. The molecule has 1 aliphatic heterocycles. The minimum Gasteiger partial charge on any atom is -0.453 e. The fraction of sp³-hybridized carbons (Fsp3) is 0.308. The van der Waals surface area contributed by atoms with Crippen LogP contribution in [0.25, 0.3) is 0 Å². The Balaban J connectivity index is 1.19. The third-order valence-electron chi connectivity index (χ3n) is 8.51. The fourth-order valence-electron chi connectivity index (χ4n) is 6.02. The Hall–Kier alpha value is -4.79. The second-order valence-corrected chi connectivity index (χ2v) is 11.7. The van der Waals surface area contributed by atoms with E-state index in [2.05, 4.69) is 16.7 Å². The van der Waals surface area contributed by atoms with Crippen LogP contribution in [0.2, 0.25) is 0 Å². The zero-order chi connectivity index (χ0) is 32.8. The van der Waals surface area contributed by atoms with Gasteiger partial charge in [-0.25, -0.2) is 4.79 Å². The number of methoxy groups -OCH3 is 1. The van der Waals surface area contributed by atoms with Gasteiger partial charge in [0.25, 0.3) is 0 Å². The van der Waals surface area contributed by atoms with E-state index < -0.39 is 18.1 Å². The molecule has 4 aromatic carbocycles. The highest BCUT2D eigenvalue weighted by molar-refractivity contribution is 5.91. The first kappa shape index (κ1) is 33.6. The summed E-state index contributed by atoms with van der Waals surface area (Å²) in [5.41, 5.74) is 3.85. The van der Waals surface area contributed by atoms with Crippen molar-refractivity contribution in [3.05, 3.63) is 138 Å². The third-order valence-corrected chi connectivity index (χ3v) is 8.51. The highest BCUT2D eigenvalue weighted by atomic mass is 16.5. The summed E-state index contributed by atoms with van der Waals surface area (Å²) < 4.78 is 16.5. The summed E-state index contributed by atoms with van der Waals surface area (Å²) in [4.78, 5) is 38.9. The molecule has 47 heavy (non-hydrogen) atoms. The number of alkyl carbamates (subject to hydrolysis) is 1. The van der Waals surface area contributed by atoms with Crippen LogP contribution in [0.4, 0.5) is 4.79 Å². The molecule has 0 spiro atoms. The van der Waals surface area contributed by atoms with Crippen LogP contribution in [-0.4, -0.2) is 56.3 Å². The van der Waals surface area contributed by atoms with Crippen LogP contribution in [0.15, 0.2) is 115 Å². The first-order valence-electron chi connectivity index (χ1n) is 16.1. The molecule has 0 bridgehead atoms. The van der Waals surface area contributed by atoms with Gasteiger partial charge in [0.05, 0.1) is 19.8 Å². The monoisotopic (exact) mass is 634 g/mol. The van der Waals surface area contributed by atoms with Gasteiger partial charge in [-0.3, -0.25) is 9.59 Å². The van der Waals surface area contributed by atoms with Gasteiger partial charge >= 0.3 is 12.1 Å². The van der Waals surface area contributed by atoms with Crippen LogP contribution in [0.5, 0.6) is 5.75 Å². The summed E-state index contributed by atoms with van der Waals surface area (Å²) in [7, 11) is 1.30. The number of Topliss-reactive ketones (excluding diaryl/α,β-unsaturated/α-hetero) is 1. The molecule has 1 aliphatic rings. The summed E-state index contributed by atoms with van der Waals surface area (Å²) in [6, 6.07) is 35.8. The Bertz CT molecular complexity index is 1530. The van der Waals surface area contributed by atoms with E-state index in [4.69, 9.17) is 14.2 Å². The molecule has 1 amide bonds. The van der Waals surface area contributed by atoms with Gasteiger partial charge in [0, 0.05) is 31.3 Å². The van der Waals surface area contributed by atoms with E-state index in [0.717, 1.165) is 35.1 Å². The lowest BCUT2D eigenvalue weighted by Crippen LogP contribution is -2.46. The molecule has 0 aromatic heterocycles. The van der Waals surface area contributed by atoms with E-state index in [9.17, 15) is 14.4 Å². The molecule has 1 fully saturated rings. The van der Waals surface area contributed by atoms with Crippen LogP contribution in [0, 0.1) is 0 Å². The zero-order valence-corrected chi connectivity index (χ0v) is 26.7. The quantitative estimate of drug-likeness (QED) is 0.129.